The molecule has 1 N–H and O–H groups in total. The largest absolute Gasteiger partial charge is 0.477 e. The summed E-state index contributed by atoms with van der Waals surface area (Å²) in [6, 6.07) is 12.3. The quantitative estimate of drug-likeness (QED) is 0.603. The van der Waals surface area contributed by atoms with E-state index >= 15 is 0 Å². The Labute approximate surface area is 145 Å². The van der Waals surface area contributed by atoms with Crippen LogP contribution in [0.4, 0.5) is 4.39 Å². The lowest BCUT2D eigenvalue weighted by molar-refractivity contribution is 0.0695. The number of carboxylic acid groups (broad SMARTS) is 1. The standard InChI is InChI=1S/C19H12FNO3S/c20-14-2-1-3-15-17(14)18(22)13(19(23)24)10-21(15)9-11-4-5-16-12(8-11)6-7-25-16/h1-8,10H,9H2,(H,23,24). The van der Waals surface area contributed by atoms with E-state index in [0.29, 0.717) is 12.1 Å². The Kier molecular flexibility index (Phi) is 3.62. The summed E-state index contributed by atoms with van der Waals surface area (Å²) in [5.74, 6) is -2.08. The van der Waals surface area contributed by atoms with Gasteiger partial charge < -0.3 is 9.67 Å². The zero-order valence-corrected chi connectivity index (χ0v) is 13.7. The monoisotopic (exact) mass is 353 g/mol. The van der Waals surface area contributed by atoms with Gasteiger partial charge in [-0.25, -0.2) is 9.18 Å². The fourth-order valence-corrected chi connectivity index (χ4v) is 3.76. The highest BCUT2D eigenvalue weighted by Crippen LogP contribution is 2.23. The number of nitrogens with zero attached hydrogens (tertiary/aromatic N) is 1. The van der Waals surface area contributed by atoms with Crippen molar-refractivity contribution in [2.75, 3.05) is 0 Å². The van der Waals surface area contributed by atoms with Crippen LogP contribution in [-0.4, -0.2) is 15.6 Å². The molecule has 0 aliphatic carbocycles. The Morgan fingerprint density at radius 1 is 1.20 bits per heavy atom. The van der Waals surface area contributed by atoms with Crippen LogP contribution in [0.2, 0.25) is 0 Å². The average Bonchev–Trinajstić information content (AvgIpc) is 3.04. The van der Waals surface area contributed by atoms with Gasteiger partial charge in [0.05, 0.1) is 10.9 Å². The van der Waals surface area contributed by atoms with Gasteiger partial charge in [0, 0.05) is 17.4 Å². The van der Waals surface area contributed by atoms with E-state index in [1.165, 1.54) is 12.3 Å². The molecular weight excluding hydrogens is 341 g/mol. The van der Waals surface area contributed by atoms with E-state index < -0.39 is 22.8 Å². The molecule has 0 aliphatic rings. The predicted octanol–water partition coefficient (Wildman–Crippen LogP) is 4.10. The van der Waals surface area contributed by atoms with Crippen molar-refractivity contribution in [1.29, 1.82) is 0 Å². The van der Waals surface area contributed by atoms with Crippen LogP contribution in [0.3, 0.4) is 0 Å². The molecule has 2 aromatic heterocycles. The number of hydrogen-bond acceptors (Lipinski definition) is 3. The van der Waals surface area contributed by atoms with Gasteiger partial charge in [-0.15, -0.1) is 11.3 Å². The zero-order valence-electron chi connectivity index (χ0n) is 12.9. The van der Waals surface area contributed by atoms with Crippen LogP contribution in [0.25, 0.3) is 21.0 Å². The Hall–Kier alpha value is -2.99. The number of benzene rings is 2. The van der Waals surface area contributed by atoms with E-state index in [1.54, 1.807) is 22.0 Å². The van der Waals surface area contributed by atoms with E-state index in [-0.39, 0.29) is 5.39 Å². The molecule has 0 radical (unpaired) electrons. The number of thiophene rings is 1. The fraction of sp³-hybridized carbons (Fsp3) is 0.0526. The molecule has 4 aromatic rings. The maximum atomic E-state index is 14.2. The van der Waals surface area contributed by atoms with Crippen molar-refractivity contribution < 1.29 is 14.3 Å². The van der Waals surface area contributed by atoms with Crippen LogP contribution in [-0.2, 0) is 6.54 Å². The summed E-state index contributed by atoms with van der Waals surface area (Å²) in [5, 5.41) is 12.2. The highest BCUT2D eigenvalue weighted by Gasteiger charge is 2.17. The van der Waals surface area contributed by atoms with E-state index in [0.717, 1.165) is 21.7 Å². The average molecular weight is 353 g/mol. The number of halogens is 1. The number of carbonyl (C=O) groups is 1. The molecule has 0 aliphatic heterocycles. The third kappa shape index (κ3) is 2.60. The number of aromatic carboxylic acids is 1. The molecule has 2 aromatic carbocycles. The minimum atomic E-state index is -1.36. The van der Waals surface area contributed by atoms with Crippen LogP contribution >= 0.6 is 11.3 Å². The van der Waals surface area contributed by atoms with Gasteiger partial charge in [-0.3, -0.25) is 4.79 Å². The topological polar surface area (TPSA) is 59.3 Å². The van der Waals surface area contributed by atoms with E-state index in [4.69, 9.17) is 0 Å². The first kappa shape index (κ1) is 15.5. The molecule has 0 bridgehead atoms. The lowest BCUT2D eigenvalue weighted by Crippen LogP contribution is -2.20. The summed E-state index contributed by atoms with van der Waals surface area (Å²) < 4.78 is 16.9. The first-order valence-electron chi connectivity index (χ1n) is 7.55. The van der Waals surface area contributed by atoms with Crippen LogP contribution < -0.4 is 5.43 Å². The van der Waals surface area contributed by atoms with Crippen molar-refractivity contribution in [1.82, 2.24) is 4.57 Å². The van der Waals surface area contributed by atoms with Gasteiger partial charge in [-0.1, -0.05) is 12.1 Å². The number of fused-ring (bicyclic) bond motifs is 2. The number of rotatable bonds is 3. The van der Waals surface area contributed by atoms with Crippen LogP contribution in [0, 0.1) is 5.82 Å². The van der Waals surface area contributed by atoms with Crippen molar-refractivity contribution in [3.8, 4) is 0 Å². The third-order valence-electron chi connectivity index (χ3n) is 4.16. The molecule has 0 atom stereocenters. The number of hydrogen-bond donors (Lipinski definition) is 1. The van der Waals surface area contributed by atoms with Gasteiger partial charge in [-0.05, 0) is 46.7 Å². The van der Waals surface area contributed by atoms with Gasteiger partial charge in [-0.2, -0.15) is 0 Å². The van der Waals surface area contributed by atoms with Crippen LogP contribution in [0.5, 0.6) is 0 Å². The predicted molar refractivity (Wildman–Crippen MR) is 96.1 cm³/mol. The van der Waals surface area contributed by atoms with Crippen molar-refractivity contribution in [3.05, 3.63) is 81.2 Å². The summed E-state index contributed by atoms with van der Waals surface area (Å²) in [4.78, 5) is 23.7. The first-order valence-corrected chi connectivity index (χ1v) is 8.43. The number of carboxylic acids is 1. The maximum Gasteiger partial charge on any atom is 0.341 e. The zero-order chi connectivity index (χ0) is 17.6. The molecule has 4 rings (SSSR count). The highest BCUT2D eigenvalue weighted by molar-refractivity contribution is 7.17. The van der Waals surface area contributed by atoms with Gasteiger partial charge in [0.15, 0.2) is 0 Å². The molecule has 0 fully saturated rings. The van der Waals surface area contributed by atoms with Crippen molar-refractivity contribution in [2.45, 2.75) is 6.54 Å². The van der Waals surface area contributed by atoms with Crippen LogP contribution in [0.15, 0.2) is 58.8 Å². The number of pyridine rings is 1. The normalized spacial score (nSPS) is 11.2. The molecular formula is C19H12FNO3S. The van der Waals surface area contributed by atoms with E-state index in [2.05, 4.69) is 0 Å². The molecule has 2 heterocycles. The number of aromatic nitrogens is 1. The summed E-state index contributed by atoms with van der Waals surface area (Å²) in [6.07, 6.45) is 1.28. The molecule has 124 valence electrons. The lowest BCUT2D eigenvalue weighted by Gasteiger charge is -2.13. The van der Waals surface area contributed by atoms with E-state index in [1.807, 2.05) is 29.6 Å². The molecule has 0 saturated carbocycles. The summed E-state index contributed by atoms with van der Waals surface area (Å²) >= 11 is 1.64. The molecule has 25 heavy (non-hydrogen) atoms. The second-order valence-electron chi connectivity index (χ2n) is 5.73. The van der Waals surface area contributed by atoms with Crippen LogP contribution in [0.1, 0.15) is 15.9 Å². The Balaban J connectivity index is 1.93. The van der Waals surface area contributed by atoms with Crippen molar-refractivity contribution >= 4 is 38.3 Å². The molecule has 0 saturated heterocycles. The fourth-order valence-electron chi connectivity index (χ4n) is 2.99. The highest BCUT2D eigenvalue weighted by atomic mass is 32.1. The molecule has 4 nitrogen and oxygen atoms in total. The minimum Gasteiger partial charge on any atom is -0.477 e. The van der Waals surface area contributed by atoms with Gasteiger partial charge in [0.25, 0.3) is 0 Å². The summed E-state index contributed by atoms with van der Waals surface area (Å²) in [6.45, 7) is 0.340. The Morgan fingerprint density at radius 3 is 2.84 bits per heavy atom. The van der Waals surface area contributed by atoms with Crippen molar-refractivity contribution in [2.24, 2.45) is 0 Å². The summed E-state index contributed by atoms with van der Waals surface area (Å²) in [7, 11) is 0. The lowest BCUT2D eigenvalue weighted by atomic mass is 10.1. The van der Waals surface area contributed by atoms with Gasteiger partial charge in [0.2, 0.25) is 5.43 Å². The molecule has 6 heteroatoms. The smallest absolute Gasteiger partial charge is 0.341 e. The van der Waals surface area contributed by atoms with E-state index in [9.17, 15) is 19.1 Å². The second-order valence-corrected chi connectivity index (χ2v) is 6.68. The third-order valence-corrected chi connectivity index (χ3v) is 5.06. The Bertz CT molecular complexity index is 1190. The van der Waals surface area contributed by atoms with Crippen molar-refractivity contribution in [3.63, 3.8) is 0 Å². The molecule has 0 unspecified atom stereocenters. The summed E-state index contributed by atoms with van der Waals surface area (Å²) in [5.41, 5.74) is 0.0798. The van der Waals surface area contributed by atoms with Gasteiger partial charge in [0.1, 0.15) is 11.4 Å². The Morgan fingerprint density at radius 2 is 2.04 bits per heavy atom. The molecule has 0 amide bonds. The minimum absolute atomic E-state index is 0.195. The first-order chi connectivity index (χ1) is 12.0. The molecule has 0 spiro atoms. The SMILES string of the molecule is O=C(O)c1cn(Cc2ccc3sccc3c2)c2cccc(F)c2c1=O. The maximum absolute atomic E-state index is 14.2. The second kappa shape index (κ2) is 5.82. The van der Waals surface area contributed by atoms with Gasteiger partial charge >= 0.3 is 5.97 Å².